The van der Waals surface area contributed by atoms with Gasteiger partial charge in [-0.2, -0.15) is 0 Å². The van der Waals surface area contributed by atoms with Gasteiger partial charge in [0.25, 0.3) is 0 Å². The molecule has 1 fully saturated rings. The van der Waals surface area contributed by atoms with Crippen molar-refractivity contribution in [1.82, 2.24) is 9.80 Å². The van der Waals surface area contributed by atoms with Gasteiger partial charge in [-0.15, -0.1) is 0 Å². The SMILES string of the molecule is COC(=O)[C@@H]1CC[C@H](C(=O)N2CCc3ccccc3C2)N1C(=O)OCc1ccccc1. The van der Waals surface area contributed by atoms with E-state index < -0.39 is 24.1 Å². The molecule has 162 valence electrons. The molecule has 2 aromatic rings. The summed E-state index contributed by atoms with van der Waals surface area (Å²) in [5.41, 5.74) is 3.19. The molecule has 2 aliphatic rings. The van der Waals surface area contributed by atoms with E-state index in [-0.39, 0.29) is 12.5 Å². The summed E-state index contributed by atoms with van der Waals surface area (Å²) in [5.74, 6) is -0.687. The Bertz CT molecular complexity index is 961. The van der Waals surface area contributed by atoms with Crippen molar-refractivity contribution in [2.75, 3.05) is 13.7 Å². The molecule has 7 heteroatoms. The molecule has 0 radical (unpaired) electrons. The standard InChI is InChI=1S/C24H26N2O5/c1-30-23(28)21-12-11-20(26(21)24(29)31-16-17-7-3-2-4-8-17)22(27)25-14-13-18-9-5-6-10-19(18)15-25/h2-10,20-21H,11-16H2,1H3/t20-,21+/m1/s1. The summed E-state index contributed by atoms with van der Waals surface area (Å²) in [6.45, 7) is 1.16. The minimum absolute atomic E-state index is 0.0715. The summed E-state index contributed by atoms with van der Waals surface area (Å²) >= 11 is 0. The summed E-state index contributed by atoms with van der Waals surface area (Å²) in [4.78, 5) is 41.7. The number of fused-ring (bicyclic) bond motifs is 1. The second kappa shape index (κ2) is 9.20. The average molecular weight is 422 g/mol. The molecule has 4 rings (SSSR count). The third kappa shape index (κ3) is 4.40. The van der Waals surface area contributed by atoms with Crippen LogP contribution in [0.4, 0.5) is 4.79 Å². The number of carbonyl (C=O) groups excluding carboxylic acids is 3. The third-order valence-corrected chi connectivity index (χ3v) is 6.00. The Morgan fingerprint density at radius 1 is 0.935 bits per heavy atom. The highest BCUT2D eigenvalue weighted by molar-refractivity contribution is 5.90. The minimum Gasteiger partial charge on any atom is -0.467 e. The van der Waals surface area contributed by atoms with Gasteiger partial charge in [0.2, 0.25) is 5.91 Å². The molecule has 2 heterocycles. The van der Waals surface area contributed by atoms with Gasteiger partial charge in [0.1, 0.15) is 18.7 Å². The van der Waals surface area contributed by atoms with Crippen molar-refractivity contribution >= 4 is 18.0 Å². The first-order valence-corrected chi connectivity index (χ1v) is 10.5. The summed E-state index contributed by atoms with van der Waals surface area (Å²) < 4.78 is 10.4. The highest BCUT2D eigenvalue weighted by atomic mass is 16.6. The number of esters is 1. The largest absolute Gasteiger partial charge is 0.467 e. The fourth-order valence-electron chi connectivity index (χ4n) is 4.36. The molecule has 2 aliphatic heterocycles. The van der Waals surface area contributed by atoms with E-state index in [1.54, 1.807) is 4.90 Å². The molecule has 1 saturated heterocycles. The van der Waals surface area contributed by atoms with Gasteiger partial charge in [-0.3, -0.25) is 9.69 Å². The first-order chi connectivity index (χ1) is 15.1. The van der Waals surface area contributed by atoms with Gasteiger partial charge in [0, 0.05) is 13.1 Å². The smallest absolute Gasteiger partial charge is 0.411 e. The van der Waals surface area contributed by atoms with Gasteiger partial charge in [-0.05, 0) is 36.0 Å². The van der Waals surface area contributed by atoms with Gasteiger partial charge in [-0.25, -0.2) is 9.59 Å². The number of rotatable bonds is 4. The van der Waals surface area contributed by atoms with Crippen molar-refractivity contribution in [3.63, 3.8) is 0 Å². The van der Waals surface area contributed by atoms with Crippen LogP contribution in [0.1, 0.15) is 29.5 Å². The lowest BCUT2D eigenvalue weighted by atomic mass is 9.99. The topological polar surface area (TPSA) is 76.2 Å². The molecule has 2 atom stereocenters. The van der Waals surface area contributed by atoms with Crippen LogP contribution in [0.5, 0.6) is 0 Å². The zero-order valence-corrected chi connectivity index (χ0v) is 17.5. The molecule has 0 saturated carbocycles. The molecular weight excluding hydrogens is 396 g/mol. The number of ether oxygens (including phenoxy) is 2. The second-order valence-corrected chi connectivity index (χ2v) is 7.86. The Labute approximate surface area is 181 Å². The van der Waals surface area contributed by atoms with Crippen molar-refractivity contribution in [2.45, 2.75) is 44.5 Å². The molecule has 0 N–H and O–H groups in total. The molecule has 0 unspecified atom stereocenters. The van der Waals surface area contributed by atoms with Crippen molar-refractivity contribution in [3.8, 4) is 0 Å². The van der Waals surface area contributed by atoms with Crippen LogP contribution in [0.3, 0.4) is 0 Å². The van der Waals surface area contributed by atoms with Crippen molar-refractivity contribution < 1.29 is 23.9 Å². The maximum Gasteiger partial charge on any atom is 0.411 e. The normalized spacial score (nSPS) is 20.2. The maximum absolute atomic E-state index is 13.4. The number of likely N-dealkylation sites (tertiary alicyclic amines) is 1. The molecule has 7 nitrogen and oxygen atoms in total. The molecule has 0 aliphatic carbocycles. The lowest BCUT2D eigenvalue weighted by Crippen LogP contribution is -2.53. The first kappa shape index (κ1) is 20.9. The number of methoxy groups -OCH3 is 1. The van der Waals surface area contributed by atoms with E-state index >= 15 is 0 Å². The summed E-state index contributed by atoms with van der Waals surface area (Å²) in [6.07, 6.45) is 0.867. The molecule has 2 amide bonds. The Kier molecular flexibility index (Phi) is 6.21. The molecule has 2 aromatic carbocycles. The zero-order chi connectivity index (χ0) is 21.8. The fourth-order valence-corrected chi connectivity index (χ4v) is 4.36. The second-order valence-electron chi connectivity index (χ2n) is 7.86. The van der Waals surface area contributed by atoms with Crippen LogP contribution >= 0.6 is 0 Å². The Balaban J connectivity index is 1.50. The lowest BCUT2D eigenvalue weighted by molar-refractivity contribution is -0.147. The first-order valence-electron chi connectivity index (χ1n) is 10.5. The monoisotopic (exact) mass is 422 g/mol. The quantitative estimate of drug-likeness (QED) is 0.708. The molecular formula is C24H26N2O5. The van der Waals surface area contributed by atoms with E-state index in [2.05, 4.69) is 6.07 Å². The van der Waals surface area contributed by atoms with Crippen LogP contribution < -0.4 is 0 Å². The van der Waals surface area contributed by atoms with E-state index in [1.807, 2.05) is 48.5 Å². The van der Waals surface area contributed by atoms with E-state index in [9.17, 15) is 14.4 Å². The molecule has 0 bridgehead atoms. The van der Waals surface area contributed by atoms with Crippen molar-refractivity contribution in [1.29, 1.82) is 0 Å². The van der Waals surface area contributed by atoms with Crippen LogP contribution in [-0.4, -0.2) is 53.5 Å². The third-order valence-electron chi connectivity index (χ3n) is 6.00. The summed E-state index contributed by atoms with van der Waals surface area (Å²) in [7, 11) is 1.28. The predicted molar refractivity (Wildman–Crippen MR) is 113 cm³/mol. The minimum atomic E-state index is -0.820. The predicted octanol–water partition coefficient (Wildman–Crippen LogP) is 2.91. The number of carbonyl (C=O) groups is 3. The van der Waals surface area contributed by atoms with Crippen LogP contribution in [0.2, 0.25) is 0 Å². The van der Waals surface area contributed by atoms with Crippen molar-refractivity contribution in [3.05, 3.63) is 71.3 Å². The van der Waals surface area contributed by atoms with E-state index in [1.165, 1.54) is 17.6 Å². The summed E-state index contributed by atoms with van der Waals surface area (Å²) in [5, 5.41) is 0. The summed E-state index contributed by atoms with van der Waals surface area (Å²) in [6, 6.07) is 15.8. The van der Waals surface area contributed by atoms with Gasteiger partial charge >= 0.3 is 12.1 Å². The van der Waals surface area contributed by atoms with Gasteiger partial charge < -0.3 is 14.4 Å². The van der Waals surface area contributed by atoms with Gasteiger partial charge in [0.15, 0.2) is 0 Å². The lowest BCUT2D eigenvalue weighted by Gasteiger charge is -2.34. The zero-order valence-electron chi connectivity index (χ0n) is 17.5. The van der Waals surface area contributed by atoms with Crippen LogP contribution in [0, 0.1) is 0 Å². The highest BCUT2D eigenvalue weighted by Gasteiger charge is 2.47. The Hall–Kier alpha value is -3.35. The van der Waals surface area contributed by atoms with Gasteiger partial charge in [0.05, 0.1) is 7.11 Å². The molecule has 0 aromatic heterocycles. The Morgan fingerprint density at radius 2 is 1.61 bits per heavy atom. The number of hydrogen-bond donors (Lipinski definition) is 0. The highest BCUT2D eigenvalue weighted by Crippen LogP contribution is 2.29. The van der Waals surface area contributed by atoms with E-state index in [0.717, 1.165) is 17.5 Å². The van der Waals surface area contributed by atoms with Crippen LogP contribution in [-0.2, 0) is 38.6 Å². The molecule has 0 spiro atoms. The van der Waals surface area contributed by atoms with Gasteiger partial charge in [-0.1, -0.05) is 54.6 Å². The average Bonchev–Trinajstić information content (AvgIpc) is 3.27. The van der Waals surface area contributed by atoms with Crippen LogP contribution in [0.15, 0.2) is 54.6 Å². The number of hydrogen-bond acceptors (Lipinski definition) is 5. The Morgan fingerprint density at radius 3 is 2.35 bits per heavy atom. The van der Waals surface area contributed by atoms with Crippen molar-refractivity contribution in [2.24, 2.45) is 0 Å². The molecule has 31 heavy (non-hydrogen) atoms. The van der Waals surface area contributed by atoms with E-state index in [0.29, 0.717) is 25.9 Å². The fraction of sp³-hybridized carbons (Fsp3) is 0.375. The number of nitrogens with zero attached hydrogens (tertiary/aromatic N) is 2. The van der Waals surface area contributed by atoms with E-state index in [4.69, 9.17) is 9.47 Å². The number of amides is 2. The van der Waals surface area contributed by atoms with Crippen LogP contribution in [0.25, 0.3) is 0 Å². The maximum atomic E-state index is 13.4. The number of benzene rings is 2.